The Hall–Kier alpha value is -5.14. The third kappa shape index (κ3) is 5.79. The van der Waals surface area contributed by atoms with Crippen molar-refractivity contribution in [2.75, 3.05) is 33.5 Å². The van der Waals surface area contributed by atoms with Gasteiger partial charge in [0.15, 0.2) is 5.82 Å². The molecule has 3 aliphatic heterocycles. The molecular weight excluding hydrogens is 655 g/mol. The monoisotopic (exact) mass is 687 g/mol. The number of ether oxygens (including phenoxy) is 5. The van der Waals surface area contributed by atoms with Gasteiger partial charge in [-0.25, -0.2) is 27.9 Å². The number of aromatic nitrogens is 3. The molecule has 13 heteroatoms. The van der Waals surface area contributed by atoms with Gasteiger partial charge in [-0.1, -0.05) is 12.1 Å². The fourth-order valence-corrected chi connectivity index (χ4v) is 6.62. The number of fused-ring (bicyclic) bond motifs is 2. The third-order valence-corrected chi connectivity index (χ3v) is 9.56. The molecule has 3 aliphatic rings. The van der Waals surface area contributed by atoms with E-state index in [0.29, 0.717) is 84.4 Å². The van der Waals surface area contributed by atoms with E-state index >= 15 is 4.39 Å². The van der Waals surface area contributed by atoms with Gasteiger partial charge in [0.2, 0.25) is 0 Å². The van der Waals surface area contributed by atoms with E-state index in [1.165, 1.54) is 43.5 Å². The lowest BCUT2D eigenvalue weighted by molar-refractivity contribution is -0.0589. The third-order valence-electron chi connectivity index (χ3n) is 9.56. The van der Waals surface area contributed by atoms with Crippen LogP contribution in [0, 0.1) is 17.5 Å². The van der Waals surface area contributed by atoms with Crippen molar-refractivity contribution in [1.82, 2.24) is 14.5 Å². The number of rotatable bonds is 11. The second-order valence-corrected chi connectivity index (χ2v) is 12.6. The van der Waals surface area contributed by atoms with Crippen LogP contribution >= 0.6 is 0 Å². The molecule has 8 rings (SSSR count). The molecule has 2 fully saturated rings. The van der Waals surface area contributed by atoms with Crippen molar-refractivity contribution >= 4 is 17.0 Å². The number of carboxylic acids is 1. The van der Waals surface area contributed by atoms with Crippen LogP contribution in [0.1, 0.15) is 50.8 Å². The average Bonchev–Trinajstić information content (AvgIpc) is 3.68. The van der Waals surface area contributed by atoms with E-state index in [1.807, 2.05) is 4.57 Å². The maximum atomic E-state index is 16.2. The van der Waals surface area contributed by atoms with Gasteiger partial charge in [-0.2, -0.15) is 0 Å². The normalized spacial score (nSPS) is 16.8. The first-order valence-electron chi connectivity index (χ1n) is 16.3. The molecule has 2 saturated heterocycles. The predicted octanol–water partition coefficient (Wildman–Crippen LogP) is 6.23. The number of benzene rings is 3. The molecule has 0 bridgehead atoms. The Morgan fingerprint density at radius 1 is 1.02 bits per heavy atom. The summed E-state index contributed by atoms with van der Waals surface area (Å²) in [5.74, 6) is -1.83. The largest absolute Gasteiger partial charge is 0.494 e. The van der Waals surface area contributed by atoms with Gasteiger partial charge in [0.25, 0.3) is 5.88 Å². The first-order chi connectivity index (χ1) is 24.3. The molecule has 3 aromatic carbocycles. The average molecular weight is 688 g/mol. The second kappa shape index (κ2) is 13.0. The first kappa shape index (κ1) is 32.1. The standard InChI is InChI=1S/C37H32F3N3O7/c1-46-32-12-21(37(44)45)11-31-34(32)42-33(43(31)15-23-6-8-48-23)14-25-24-7-9-49-35(24)26(13-29(25)40)30-5-4-27(38)36(41-30)50-18-20-3-2-19(10-28(20)39)22-16-47-17-22/h2-5,10-13,22-23H,6-9,14-18H2,1H3,(H,44,45)/t23-/m0/s1. The highest BCUT2D eigenvalue weighted by molar-refractivity contribution is 5.95. The summed E-state index contributed by atoms with van der Waals surface area (Å²) in [6.45, 7) is 2.17. The summed E-state index contributed by atoms with van der Waals surface area (Å²) in [6, 6.07) is 11.7. The van der Waals surface area contributed by atoms with Crippen LogP contribution in [0.3, 0.4) is 0 Å². The van der Waals surface area contributed by atoms with E-state index in [-0.39, 0.29) is 47.8 Å². The summed E-state index contributed by atoms with van der Waals surface area (Å²) in [4.78, 5) is 21.1. The molecule has 5 heterocycles. The van der Waals surface area contributed by atoms with Crippen molar-refractivity contribution in [3.05, 3.63) is 99.6 Å². The molecule has 0 spiro atoms. The van der Waals surface area contributed by atoms with Gasteiger partial charge >= 0.3 is 5.97 Å². The SMILES string of the molecule is COc1cc(C(=O)O)cc2c1nc(Cc1c(F)cc(-c3ccc(F)c(OCc4ccc(C5COC5)cc4F)n3)c3c1CCO3)n2C[C@@H]1CCO1. The van der Waals surface area contributed by atoms with E-state index in [1.54, 1.807) is 12.1 Å². The van der Waals surface area contributed by atoms with Crippen LogP contribution in [0.2, 0.25) is 0 Å². The van der Waals surface area contributed by atoms with Crippen molar-refractivity contribution in [3.63, 3.8) is 0 Å². The second-order valence-electron chi connectivity index (χ2n) is 12.6. The van der Waals surface area contributed by atoms with Gasteiger partial charge in [-0.05, 0) is 48.4 Å². The highest BCUT2D eigenvalue weighted by atomic mass is 19.1. The number of carboxylic acid groups (broad SMARTS) is 1. The number of hydrogen-bond donors (Lipinski definition) is 1. The summed E-state index contributed by atoms with van der Waals surface area (Å²) in [7, 11) is 1.44. The number of imidazole rings is 1. The zero-order valence-electron chi connectivity index (χ0n) is 27.0. The van der Waals surface area contributed by atoms with Crippen molar-refractivity contribution in [2.24, 2.45) is 0 Å². The Kier molecular flexibility index (Phi) is 8.31. The molecule has 2 aromatic heterocycles. The van der Waals surface area contributed by atoms with Gasteiger partial charge in [-0.3, -0.25) is 0 Å². The Labute approximate surface area is 284 Å². The van der Waals surface area contributed by atoms with E-state index in [9.17, 15) is 18.7 Å². The summed E-state index contributed by atoms with van der Waals surface area (Å²) in [6.07, 6.45) is 1.23. The van der Waals surface area contributed by atoms with E-state index in [4.69, 9.17) is 28.7 Å². The summed E-state index contributed by atoms with van der Waals surface area (Å²) in [5.41, 5.74) is 3.68. The Balaban J connectivity index is 1.11. The van der Waals surface area contributed by atoms with Gasteiger partial charge in [0.05, 0.1) is 56.4 Å². The zero-order valence-corrected chi connectivity index (χ0v) is 27.0. The van der Waals surface area contributed by atoms with Crippen LogP contribution in [0.25, 0.3) is 22.3 Å². The number of halogens is 3. The fraction of sp³-hybridized carbons (Fsp3) is 0.324. The number of nitrogens with zero attached hydrogens (tertiary/aromatic N) is 3. The first-order valence-corrected chi connectivity index (χ1v) is 16.3. The van der Waals surface area contributed by atoms with Gasteiger partial charge in [0, 0.05) is 47.6 Å². The molecule has 10 nitrogen and oxygen atoms in total. The molecule has 0 amide bonds. The van der Waals surface area contributed by atoms with Crippen LogP contribution in [0.15, 0.2) is 48.5 Å². The lowest BCUT2D eigenvalue weighted by atomic mass is 9.96. The Morgan fingerprint density at radius 3 is 2.56 bits per heavy atom. The molecule has 50 heavy (non-hydrogen) atoms. The van der Waals surface area contributed by atoms with Crippen LogP contribution < -0.4 is 14.2 Å². The lowest BCUT2D eigenvalue weighted by Gasteiger charge is -2.27. The summed E-state index contributed by atoms with van der Waals surface area (Å²) in [5, 5.41) is 9.73. The summed E-state index contributed by atoms with van der Waals surface area (Å²) >= 11 is 0. The minimum atomic E-state index is -1.11. The molecule has 0 aliphatic carbocycles. The predicted molar refractivity (Wildman–Crippen MR) is 173 cm³/mol. The smallest absolute Gasteiger partial charge is 0.335 e. The molecule has 0 radical (unpaired) electrons. The number of pyridine rings is 1. The van der Waals surface area contributed by atoms with E-state index < -0.39 is 23.4 Å². The van der Waals surface area contributed by atoms with Gasteiger partial charge in [0.1, 0.15) is 41.1 Å². The maximum absolute atomic E-state index is 16.2. The minimum Gasteiger partial charge on any atom is -0.494 e. The fourth-order valence-electron chi connectivity index (χ4n) is 6.62. The highest BCUT2D eigenvalue weighted by Gasteiger charge is 2.29. The van der Waals surface area contributed by atoms with Gasteiger partial charge < -0.3 is 33.4 Å². The van der Waals surface area contributed by atoms with Crippen LogP contribution in [-0.2, 0) is 35.5 Å². The van der Waals surface area contributed by atoms with Crippen LogP contribution in [0.5, 0.6) is 17.4 Å². The van der Waals surface area contributed by atoms with Crippen LogP contribution in [0.4, 0.5) is 13.2 Å². The van der Waals surface area contributed by atoms with Crippen molar-refractivity contribution < 1.29 is 46.8 Å². The minimum absolute atomic E-state index is 0.0408. The zero-order chi connectivity index (χ0) is 34.5. The summed E-state index contributed by atoms with van der Waals surface area (Å²) < 4.78 is 75.8. The molecule has 0 saturated carbocycles. The lowest BCUT2D eigenvalue weighted by Crippen LogP contribution is -2.31. The van der Waals surface area contributed by atoms with E-state index in [0.717, 1.165) is 12.0 Å². The number of hydrogen-bond acceptors (Lipinski definition) is 8. The van der Waals surface area contributed by atoms with Gasteiger partial charge in [-0.15, -0.1) is 0 Å². The van der Waals surface area contributed by atoms with Crippen molar-refractivity contribution in [2.45, 2.75) is 44.4 Å². The Morgan fingerprint density at radius 2 is 1.86 bits per heavy atom. The number of methoxy groups -OCH3 is 1. The maximum Gasteiger partial charge on any atom is 0.335 e. The molecule has 1 atom stereocenters. The number of carbonyl (C=O) groups is 1. The molecule has 0 unspecified atom stereocenters. The Bertz CT molecular complexity index is 2150. The van der Waals surface area contributed by atoms with Crippen molar-refractivity contribution in [1.29, 1.82) is 0 Å². The van der Waals surface area contributed by atoms with Crippen molar-refractivity contribution in [3.8, 4) is 28.6 Å². The van der Waals surface area contributed by atoms with E-state index in [2.05, 4.69) is 4.98 Å². The molecule has 5 aromatic rings. The number of aromatic carboxylic acids is 1. The quantitative estimate of drug-likeness (QED) is 0.173. The highest BCUT2D eigenvalue weighted by Crippen LogP contribution is 2.42. The molecule has 258 valence electrons. The van der Waals surface area contributed by atoms with Crippen LogP contribution in [-0.4, -0.2) is 65.3 Å². The molecule has 1 N–H and O–H groups in total. The topological polar surface area (TPSA) is 114 Å². The molecular formula is C37H32F3N3O7.